The van der Waals surface area contributed by atoms with Crippen LogP contribution in [0.4, 0.5) is 23.2 Å². The normalized spacial score (nSPS) is 15.7. The van der Waals surface area contributed by atoms with Crippen molar-refractivity contribution in [2.75, 3.05) is 4.90 Å². The van der Waals surface area contributed by atoms with Crippen LogP contribution in [0.25, 0.3) is 11.3 Å². The molecule has 1 amide bonds. The Morgan fingerprint density at radius 3 is 2.56 bits per heavy atom. The van der Waals surface area contributed by atoms with E-state index in [4.69, 9.17) is 17.5 Å². The Morgan fingerprint density at radius 1 is 1.24 bits per heavy atom. The van der Waals surface area contributed by atoms with Crippen molar-refractivity contribution >= 4 is 28.9 Å². The van der Waals surface area contributed by atoms with E-state index < -0.39 is 34.7 Å². The second-order valence-electron chi connectivity index (χ2n) is 7.93. The Balaban J connectivity index is 1.68. The van der Waals surface area contributed by atoms with Gasteiger partial charge >= 0.3 is 6.18 Å². The summed E-state index contributed by atoms with van der Waals surface area (Å²) in [5.41, 5.74) is -2.49. The molecule has 174 valence electrons. The number of nitriles is 1. The molecule has 4 rings (SSSR count). The number of thiocarbonyl (C=S) groups is 1. The predicted octanol–water partition coefficient (Wildman–Crippen LogP) is 3.81. The molecule has 1 N–H and O–H groups in total. The highest BCUT2D eigenvalue weighted by atomic mass is 32.1. The van der Waals surface area contributed by atoms with Crippen LogP contribution in [0, 0.1) is 17.1 Å². The van der Waals surface area contributed by atoms with Crippen molar-refractivity contribution < 1.29 is 22.4 Å². The van der Waals surface area contributed by atoms with Crippen LogP contribution in [0.2, 0.25) is 0 Å². The molecule has 1 saturated heterocycles. The first-order valence-corrected chi connectivity index (χ1v) is 10.1. The highest BCUT2D eigenvalue weighted by Gasteiger charge is 2.50. The molecule has 13 heteroatoms. The van der Waals surface area contributed by atoms with E-state index in [0.717, 1.165) is 11.1 Å². The molecule has 0 radical (unpaired) electrons. The van der Waals surface area contributed by atoms with Crippen molar-refractivity contribution in [1.29, 1.82) is 5.26 Å². The molecule has 2 aromatic heterocycles. The number of carbonyl (C=O) groups is 1. The van der Waals surface area contributed by atoms with Crippen molar-refractivity contribution in [3.63, 3.8) is 0 Å². The van der Waals surface area contributed by atoms with Crippen molar-refractivity contribution in [3.8, 4) is 17.3 Å². The Morgan fingerprint density at radius 2 is 1.97 bits per heavy atom. The first-order valence-electron chi connectivity index (χ1n) is 9.73. The number of alkyl halides is 3. The van der Waals surface area contributed by atoms with Gasteiger partial charge in [-0.15, -0.1) is 0 Å². The molecule has 8 nitrogen and oxygen atoms in total. The van der Waals surface area contributed by atoms with Gasteiger partial charge in [-0.3, -0.25) is 9.69 Å². The standard InChI is InChI=1S/C21H15F4N7OS/c1-20(2)18(33)32(13-6-14(21(23,24)25)16(7-26)27-8-13)19(34)31(20)10-12-4-3-11(5-15(12)22)17-9-28-30-29-17/h3-6,8-9H,10H2,1-2H3,(H,28,29,30). The van der Waals surface area contributed by atoms with Gasteiger partial charge in [0.05, 0.1) is 23.6 Å². The summed E-state index contributed by atoms with van der Waals surface area (Å²) in [6.07, 6.45) is -2.45. The fourth-order valence-corrected chi connectivity index (χ4v) is 4.04. The zero-order valence-electron chi connectivity index (χ0n) is 17.7. The van der Waals surface area contributed by atoms with E-state index in [1.165, 1.54) is 43.1 Å². The van der Waals surface area contributed by atoms with Crippen molar-refractivity contribution in [3.05, 3.63) is 59.3 Å². The maximum Gasteiger partial charge on any atom is 0.419 e. The molecule has 1 aliphatic heterocycles. The summed E-state index contributed by atoms with van der Waals surface area (Å²) < 4.78 is 55.1. The largest absolute Gasteiger partial charge is 0.419 e. The number of hydrogen-bond donors (Lipinski definition) is 1. The number of benzene rings is 1. The van der Waals surface area contributed by atoms with Gasteiger partial charge in [-0.1, -0.05) is 12.1 Å². The van der Waals surface area contributed by atoms with Gasteiger partial charge in [0.1, 0.15) is 23.1 Å². The lowest BCUT2D eigenvalue weighted by Crippen LogP contribution is -2.43. The third-order valence-electron chi connectivity index (χ3n) is 5.46. The lowest BCUT2D eigenvalue weighted by molar-refractivity contribution is -0.138. The number of nitrogens with zero attached hydrogens (tertiary/aromatic N) is 6. The minimum Gasteiger partial charge on any atom is -0.330 e. The monoisotopic (exact) mass is 489 g/mol. The highest BCUT2D eigenvalue weighted by Crippen LogP contribution is 2.37. The Bertz CT molecular complexity index is 1330. The minimum atomic E-state index is -4.86. The molecule has 0 atom stereocenters. The second-order valence-corrected chi connectivity index (χ2v) is 8.29. The molecule has 3 heterocycles. The first-order chi connectivity index (χ1) is 15.9. The van der Waals surface area contributed by atoms with Crippen LogP contribution < -0.4 is 4.90 Å². The van der Waals surface area contributed by atoms with Crippen molar-refractivity contribution in [1.82, 2.24) is 25.3 Å². The fourth-order valence-electron chi connectivity index (χ4n) is 3.56. The highest BCUT2D eigenvalue weighted by molar-refractivity contribution is 7.80. The van der Waals surface area contributed by atoms with Crippen molar-refractivity contribution in [2.45, 2.75) is 32.1 Å². The smallest absolute Gasteiger partial charge is 0.330 e. The Kier molecular flexibility index (Phi) is 5.56. The molecule has 0 saturated carbocycles. The summed E-state index contributed by atoms with van der Waals surface area (Å²) in [6.45, 7) is 2.95. The fraction of sp³-hybridized carbons (Fsp3) is 0.238. The molecule has 34 heavy (non-hydrogen) atoms. The van der Waals surface area contributed by atoms with E-state index in [-0.39, 0.29) is 22.9 Å². The molecular weight excluding hydrogens is 474 g/mol. The number of pyridine rings is 1. The second kappa shape index (κ2) is 8.14. The van der Waals surface area contributed by atoms with Gasteiger partial charge in [0.2, 0.25) is 0 Å². The van der Waals surface area contributed by atoms with Crippen LogP contribution in [0.15, 0.2) is 36.7 Å². The lowest BCUT2D eigenvalue weighted by atomic mass is 10.0. The maximum absolute atomic E-state index is 14.9. The van der Waals surface area contributed by atoms with Gasteiger partial charge < -0.3 is 4.90 Å². The predicted molar refractivity (Wildman–Crippen MR) is 115 cm³/mol. The zero-order chi connectivity index (χ0) is 24.8. The van der Waals surface area contributed by atoms with Crippen LogP contribution in [0.3, 0.4) is 0 Å². The van der Waals surface area contributed by atoms with Gasteiger partial charge in [-0.2, -0.15) is 33.8 Å². The van der Waals surface area contributed by atoms with Crippen LogP contribution >= 0.6 is 12.2 Å². The summed E-state index contributed by atoms with van der Waals surface area (Å²) in [5.74, 6) is -1.19. The average molecular weight is 489 g/mol. The number of carbonyl (C=O) groups excluding carboxylic acids is 1. The quantitative estimate of drug-likeness (QED) is 0.439. The molecular formula is C21H15F4N7OS. The number of aromatic amines is 1. The van der Waals surface area contributed by atoms with E-state index in [1.54, 1.807) is 6.07 Å². The molecule has 0 aliphatic carbocycles. The number of rotatable bonds is 4. The van der Waals surface area contributed by atoms with Crippen molar-refractivity contribution in [2.24, 2.45) is 0 Å². The molecule has 1 fully saturated rings. The van der Waals surface area contributed by atoms with Gasteiger partial charge in [0, 0.05) is 17.7 Å². The third-order valence-corrected chi connectivity index (χ3v) is 5.86. The van der Waals surface area contributed by atoms with Crippen LogP contribution in [0.1, 0.15) is 30.7 Å². The molecule has 3 aromatic rings. The van der Waals surface area contributed by atoms with Crippen LogP contribution in [-0.4, -0.2) is 41.9 Å². The summed E-state index contributed by atoms with van der Waals surface area (Å²) in [7, 11) is 0. The summed E-state index contributed by atoms with van der Waals surface area (Å²) >= 11 is 5.41. The first kappa shape index (κ1) is 23.2. The number of anilines is 1. The Labute approximate surface area is 195 Å². The number of H-pyrrole nitrogens is 1. The van der Waals surface area contributed by atoms with E-state index in [2.05, 4.69) is 20.4 Å². The summed E-state index contributed by atoms with van der Waals surface area (Å²) in [5, 5.41) is 18.9. The molecule has 0 bridgehead atoms. The number of hydrogen-bond acceptors (Lipinski definition) is 6. The van der Waals surface area contributed by atoms with Gasteiger partial charge in [0.25, 0.3) is 5.91 Å². The summed E-state index contributed by atoms with van der Waals surface area (Å²) in [6, 6.07) is 6.45. The molecule has 1 aliphatic rings. The zero-order valence-corrected chi connectivity index (χ0v) is 18.5. The van der Waals surface area contributed by atoms with E-state index in [0.29, 0.717) is 17.3 Å². The Hall–Kier alpha value is -3.92. The van der Waals surface area contributed by atoms with E-state index in [1.807, 2.05) is 0 Å². The van der Waals surface area contributed by atoms with Gasteiger partial charge in [-0.25, -0.2) is 9.37 Å². The van der Waals surface area contributed by atoms with Crippen LogP contribution in [0.5, 0.6) is 0 Å². The molecule has 0 unspecified atom stereocenters. The van der Waals surface area contributed by atoms with Crippen LogP contribution in [-0.2, 0) is 17.5 Å². The van der Waals surface area contributed by atoms with Gasteiger partial charge in [-0.05, 0) is 38.2 Å². The summed E-state index contributed by atoms with van der Waals surface area (Å²) in [4.78, 5) is 19.1. The molecule has 0 spiro atoms. The average Bonchev–Trinajstić information content (AvgIpc) is 3.37. The van der Waals surface area contributed by atoms with Gasteiger partial charge in [0.15, 0.2) is 10.8 Å². The lowest BCUT2D eigenvalue weighted by Gasteiger charge is -2.29. The number of aromatic nitrogens is 4. The number of halogens is 4. The maximum atomic E-state index is 14.9. The topological polar surface area (TPSA) is 102 Å². The number of amides is 1. The SMILES string of the molecule is CC1(C)C(=O)N(c2cnc(C#N)c(C(F)(F)F)c2)C(=S)N1Cc1ccc(-c2cn[nH]n2)cc1F. The van der Waals surface area contributed by atoms with E-state index in [9.17, 15) is 22.4 Å². The molecule has 1 aromatic carbocycles. The minimum absolute atomic E-state index is 0.116. The van der Waals surface area contributed by atoms with E-state index >= 15 is 0 Å². The number of nitrogens with one attached hydrogen (secondary N) is 1. The third kappa shape index (κ3) is 3.86.